The van der Waals surface area contributed by atoms with E-state index < -0.39 is 0 Å². The lowest BCUT2D eigenvalue weighted by Crippen LogP contribution is -2.00. The Morgan fingerprint density at radius 1 is 0.327 bits per heavy atom. The maximum absolute atomic E-state index is 6.50. The van der Waals surface area contributed by atoms with Crippen LogP contribution in [0.5, 0.6) is 0 Å². The largest absolute Gasteiger partial charge is 0.456 e. The zero-order valence-corrected chi connectivity index (χ0v) is 26.3. The van der Waals surface area contributed by atoms with Gasteiger partial charge in [-0.15, -0.1) is 0 Å². The Hall–Kier alpha value is -6.65. The van der Waals surface area contributed by atoms with E-state index in [4.69, 9.17) is 19.4 Å². The Labute approximate surface area is 282 Å². The van der Waals surface area contributed by atoms with E-state index in [2.05, 4.69) is 103 Å². The minimum absolute atomic E-state index is 0.641. The maximum Gasteiger partial charge on any atom is 0.164 e. The van der Waals surface area contributed by atoms with Crippen LogP contribution in [0, 0.1) is 0 Å². The lowest BCUT2D eigenvalue weighted by Gasteiger charge is -2.11. The predicted molar refractivity (Wildman–Crippen MR) is 201 cm³/mol. The summed E-state index contributed by atoms with van der Waals surface area (Å²) in [6, 6.07) is 57.0. The number of benzene rings is 8. The van der Waals surface area contributed by atoms with Crippen molar-refractivity contribution in [2.75, 3.05) is 0 Å². The third kappa shape index (κ3) is 4.57. The number of hydrogen-bond acceptors (Lipinski definition) is 4. The molecule has 228 valence electrons. The molecule has 0 fully saturated rings. The molecule has 0 spiro atoms. The summed E-state index contributed by atoms with van der Waals surface area (Å²) in [5.41, 5.74) is 6.92. The number of nitrogens with zero attached hydrogens (tertiary/aromatic N) is 3. The Kier molecular flexibility index (Phi) is 6.15. The normalized spacial score (nSPS) is 11.7. The molecule has 0 saturated heterocycles. The Balaban J connectivity index is 1.15. The summed E-state index contributed by atoms with van der Waals surface area (Å²) in [4.78, 5) is 14.8. The Morgan fingerprint density at radius 3 is 1.71 bits per heavy atom. The molecule has 0 saturated carbocycles. The average molecular weight is 626 g/mol. The summed E-state index contributed by atoms with van der Waals surface area (Å²) in [5.74, 6) is 1.94. The van der Waals surface area contributed by atoms with Crippen LogP contribution in [0.15, 0.2) is 168 Å². The van der Waals surface area contributed by atoms with Crippen molar-refractivity contribution in [2.24, 2.45) is 0 Å². The molecule has 0 radical (unpaired) electrons. The summed E-state index contributed by atoms with van der Waals surface area (Å²) in [7, 11) is 0. The lowest BCUT2D eigenvalue weighted by molar-refractivity contribution is 0.669. The second kappa shape index (κ2) is 11.0. The fourth-order valence-corrected chi connectivity index (χ4v) is 7.15. The zero-order chi connectivity index (χ0) is 32.3. The van der Waals surface area contributed by atoms with Crippen LogP contribution in [0.3, 0.4) is 0 Å². The molecule has 0 N–H and O–H groups in total. The molecule has 4 nitrogen and oxygen atoms in total. The van der Waals surface area contributed by atoms with E-state index in [1.54, 1.807) is 0 Å². The van der Waals surface area contributed by atoms with E-state index in [0.717, 1.165) is 60.5 Å². The number of aromatic nitrogens is 3. The summed E-state index contributed by atoms with van der Waals surface area (Å²) in [6.07, 6.45) is 0. The van der Waals surface area contributed by atoms with Crippen LogP contribution < -0.4 is 0 Å². The molecule has 10 aromatic rings. The molecule has 49 heavy (non-hydrogen) atoms. The van der Waals surface area contributed by atoms with Gasteiger partial charge >= 0.3 is 0 Å². The van der Waals surface area contributed by atoms with Gasteiger partial charge in [0.2, 0.25) is 0 Å². The zero-order valence-electron chi connectivity index (χ0n) is 26.3. The number of hydrogen-bond donors (Lipinski definition) is 0. The summed E-state index contributed by atoms with van der Waals surface area (Å²) >= 11 is 0. The van der Waals surface area contributed by atoms with E-state index in [-0.39, 0.29) is 0 Å². The molecule has 2 aromatic heterocycles. The SMILES string of the molecule is c1ccc(-c2nc(-c3ccccc3)nc(-c3ccc4c(-c5cccc6oc7cc8ccc9ccccc9c8cc7c56)cccc4c3)n2)cc1. The molecule has 0 aliphatic carbocycles. The number of furan rings is 1. The first-order chi connectivity index (χ1) is 24.3. The molecule has 0 aliphatic rings. The van der Waals surface area contributed by atoms with Crippen LogP contribution in [-0.2, 0) is 0 Å². The molecular formula is C45H27N3O. The van der Waals surface area contributed by atoms with Gasteiger partial charge in [-0.05, 0) is 67.7 Å². The fourth-order valence-electron chi connectivity index (χ4n) is 7.15. The molecule has 4 heteroatoms. The highest BCUT2D eigenvalue weighted by molar-refractivity contribution is 6.20. The van der Waals surface area contributed by atoms with Gasteiger partial charge in [0.25, 0.3) is 0 Å². The van der Waals surface area contributed by atoms with Crippen LogP contribution in [0.25, 0.3) is 99.5 Å². The van der Waals surface area contributed by atoms with E-state index in [9.17, 15) is 0 Å². The first-order valence-corrected chi connectivity index (χ1v) is 16.4. The standard InChI is InChI=1S/C45H27N3O/c1-3-12-29(13-4-1)43-46-44(30-14-5-2-6-15-30)48-45(47-43)33-23-24-35-31(25-33)16-9-18-36(35)37-19-10-20-40-42(37)39-27-38-32(26-41(39)49-40)22-21-28-11-7-8-17-34(28)38/h1-27H. The molecule has 0 amide bonds. The number of rotatable bonds is 4. The highest BCUT2D eigenvalue weighted by Crippen LogP contribution is 2.42. The van der Waals surface area contributed by atoms with Crippen molar-refractivity contribution in [3.05, 3.63) is 164 Å². The van der Waals surface area contributed by atoms with Gasteiger partial charge in [-0.3, -0.25) is 0 Å². The van der Waals surface area contributed by atoms with E-state index >= 15 is 0 Å². The highest BCUT2D eigenvalue weighted by atomic mass is 16.3. The van der Waals surface area contributed by atoms with Gasteiger partial charge < -0.3 is 4.42 Å². The molecule has 0 atom stereocenters. The van der Waals surface area contributed by atoms with Crippen molar-refractivity contribution < 1.29 is 4.42 Å². The second-order valence-electron chi connectivity index (χ2n) is 12.4. The van der Waals surface area contributed by atoms with Gasteiger partial charge in [-0.1, -0.05) is 140 Å². The maximum atomic E-state index is 6.50. The van der Waals surface area contributed by atoms with Crippen molar-refractivity contribution in [2.45, 2.75) is 0 Å². The fraction of sp³-hybridized carbons (Fsp3) is 0. The van der Waals surface area contributed by atoms with Gasteiger partial charge in [-0.2, -0.15) is 0 Å². The van der Waals surface area contributed by atoms with Crippen molar-refractivity contribution in [3.63, 3.8) is 0 Å². The quantitative estimate of drug-likeness (QED) is 0.183. The average Bonchev–Trinajstić information content (AvgIpc) is 3.55. The molecular weight excluding hydrogens is 599 g/mol. The van der Waals surface area contributed by atoms with E-state index in [1.165, 1.54) is 21.5 Å². The summed E-state index contributed by atoms with van der Waals surface area (Å²) < 4.78 is 6.50. The third-order valence-electron chi connectivity index (χ3n) is 9.49. The van der Waals surface area contributed by atoms with Crippen molar-refractivity contribution in [1.82, 2.24) is 15.0 Å². The van der Waals surface area contributed by atoms with Gasteiger partial charge in [0.1, 0.15) is 11.2 Å². The van der Waals surface area contributed by atoms with Gasteiger partial charge in [0, 0.05) is 27.5 Å². The predicted octanol–water partition coefficient (Wildman–Crippen LogP) is 11.9. The van der Waals surface area contributed by atoms with Crippen molar-refractivity contribution in [3.8, 4) is 45.3 Å². The first-order valence-electron chi connectivity index (χ1n) is 16.4. The van der Waals surface area contributed by atoms with Crippen LogP contribution in [0.1, 0.15) is 0 Å². The number of fused-ring (bicyclic) bond motifs is 7. The van der Waals surface area contributed by atoms with Crippen LogP contribution >= 0.6 is 0 Å². The molecule has 0 unspecified atom stereocenters. The molecule has 10 rings (SSSR count). The topological polar surface area (TPSA) is 51.8 Å². The van der Waals surface area contributed by atoms with Gasteiger partial charge in [0.15, 0.2) is 17.5 Å². The highest BCUT2D eigenvalue weighted by Gasteiger charge is 2.17. The van der Waals surface area contributed by atoms with E-state index in [0.29, 0.717) is 17.5 Å². The minimum atomic E-state index is 0.641. The van der Waals surface area contributed by atoms with Crippen LogP contribution in [0.4, 0.5) is 0 Å². The van der Waals surface area contributed by atoms with Gasteiger partial charge in [-0.25, -0.2) is 15.0 Å². The molecule has 8 aromatic carbocycles. The summed E-state index contributed by atoms with van der Waals surface area (Å²) in [5, 5.41) is 9.39. The molecule has 0 aliphatic heterocycles. The van der Waals surface area contributed by atoms with Crippen LogP contribution in [-0.4, -0.2) is 15.0 Å². The van der Waals surface area contributed by atoms with E-state index in [1.807, 2.05) is 60.7 Å². The second-order valence-corrected chi connectivity index (χ2v) is 12.4. The Bertz CT molecular complexity index is 2820. The monoisotopic (exact) mass is 625 g/mol. The van der Waals surface area contributed by atoms with Crippen molar-refractivity contribution >= 4 is 54.3 Å². The smallest absolute Gasteiger partial charge is 0.164 e. The minimum Gasteiger partial charge on any atom is -0.456 e. The molecule has 0 bridgehead atoms. The van der Waals surface area contributed by atoms with Crippen LogP contribution in [0.2, 0.25) is 0 Å². The molecule has 2 heterocycles. The third-order valence-corrected chi connectivity index (χ3v) is 9.49. The van der Waals surface area contributed by atoms with Crippen molar-refractivity contribution in [1.29, 1.82) is 0 Å². The Morgan fingerprint density at radius 2 is 0.939 bits per heavy atom. The van der Waals surface area contributed by atoms with Gasteiger partial charge in [0.05, 0.1) is 0 Å². The summed E-state index contributed by atoms with van der Waals surface area (Å²) in [6.45, 7) is 0. The first kappa shape index (κ1) is 27.5. The lowest BCUT2D eigenvalue weighted by atomic mass is 9.93.